The van der Waals surface area contributed by atoms with Crippen molar-refractivity contribution < 1.29 is 4.79 Å². The van der Waals surface area contributed by atoms with Crippen molar-refractivity contribution in [2.75, 3.05) is 0 Å². The van der Waals surface area contributed by atoms with Crippen molar-refractivity contribution in [3.63, 3.8) is 0 Å². The van der Waals surface area contributed by atoms with Gasteiger partial charge in [-0.25, -0.2) is 0 Å². The van der Waals surface area contributed by atoms with E-state index in [4.69, 9.17) is 0 Å². The van der Waals surface area contributed by atoms with Gasteiger partial charge in [-0.1, -0.05) is 39.3 Å². The number of carbonyl (C=O) groups is 1. The highest BCUT2D eigenvalue weighted by Gasteiger charge is 2.52. The van der Waals surface area contributed by atoms with Crippen LogP contribution in [0.3, 0.4) is 0 Å². The summed E-state index contributed by atoms with van der Waals surface area (Å²) in [6, 6.07) is 0. The van der Waals surface area contributed by atoms with E-state index in [0.717, 1.165) is 18.8 Å². The minimum absolute atomic E-state index is 0.327. The Morgan fingerprint density at radius 3 is 2.63 bits per heavy atom. The lowest BCUT2D eigenvalue weighted by Crippen LogP contribution is -2.49. The molecule has 1 nitrogen and oxygen atoms in total. The number of fused-ring (bicyclic) bond motifs is 1. The molecule has 0 saturated heterocycles. The molecule has 0 unspecified atom stereocenters. The Morgan fingerprint density at radius 1 is 1.32 bits per heavy atom. The maximum absolute atomic E-state index is 11.4. The van der Waals surface area contributed by atoms with Crippen LogP contribution in [0.2, 0.25) is 0 Å². The van der Waals surface area contributed by atoms with E-state index in [9.17, 15) is 4.79 Å². The van der Waals surface area contributed by atoms with Crippen LogP contribution >= 0.6 is 0 Å². The van der Waals surface area contributed by atoms with Gasteiger partial charge in [0.1, 0.15) is 5.78 Å². The van der Waals surface area contributed by atoms with Crippen molar-refractivity contribution in [2.45, 2.75) is 72.6 Å². The van der Waals surface area contributed by atoms with Crippen LogP contribution < -0.4 is 0 Å². The van der Waals surface area contributed by atoms with Crippen LogP contribution in [0.15, 0.2) is 12.2 Å². The second kappa shape index (κ2) is 5.07. The van der Waals surface area contributed by atoms with E-state index in [2.05, 4.69) is 27.4 Å². The molecule has 2 aliphatic carbocycles. The summed E-state index contributed by atoms with van der Waals surface area (Å²) >= 11 is 0. The molecule has 0 heterocycles. The summed E-state index contributed by atoms with van der Waals surface area (Å²) in [4.78, 5) is 11.4. The van der Waals surface area contributed by atoms with Crippen molar-refractivity contribution in [1.82, 2.24) is 0 Å². The fraction of sp³-hybridized carbons (Fsp3) is 0.833. The molecular weight excluding hydrogens is 232 g/mol. The van der Waals surface area contributed by atoms with Gasteiger partial charge < -0.3 is 4.79 Å². The van der Waals surface area contributed by atoms with Crippen LogP contribution in [0.1, 0.15) is 72.6 Å². The minimum Gasteiger partial charge on any atom is -0.300 e. The number of allylic oxidation sites excluding steroid dienone is 1. The molecule has 0 spiro atoms. The zero-order chi connectivity index (χ0) is 14.3. The summed E-state index contributed by atoms with van der Waals surface area (Å²) in [7, 11) is 0. The first-order valence-corrected chi connectivity index (χ1v) is 7.94. The molecule has 0 radical (unpaired) electrons. The number of rotatable bonds is 3. The molecule has 2 fully saturated rings. The lowest BCUT2D eigenvalue weighted by molar-refractivity contribution is -0.118. The molecule has 0 N–H and O–H groups in total. The molecule has 0 aromatic rings. The van der Waals surface area contributed by atoms with Crippen LogP contribution in [-0.2, 0) is 4.79 Å². The highest BCUT2D eigenvalue weighted by Crippen LogP contribution is 2.61. The normalized spacial score (nSPS) is 37.8. The number of carbonyl (C=O) groups excluding carboxylic acids is 1. The van der Waals surface area contributed by atoms with Crippen molar-refractivity contribution in [3.8, 4) is 0 Å². The van der Waals surface area contributed by atoms with Gasteiger partial charge in [0.2, 0.25) is 0 Å². The van der Waals surface area contributed by atoms with Gasteiger partial charge in [-0.2, -0.15) is 0 Å². The van der Waals surface area contributed by atoms with Gasteiger partial charge in [0, 0.05) is 6.42 Å². The molecule has 3 atom stereocenters. The monoisotopic (exact) mass is 262 g/mol. The van der Waals surface area contributed by atoms with Crippen molar-refractivity contribution in [1.29, 1.82) is 0 Å². The fourth-order valence-corrected chi connectivity index (χ4v) is 5.16. The van der Waals surface area contributed by atoms with Crippen LogP contribution in [0, 0.1) is 22.7 Å². The van der Waals surface area contributed by atoms with Gasteiger partial charge in [-0.3, -0.25) is 0 Å². The first kappa shape index (κ1) is 14.8. The molecular formula is C18H30O. The molecule has 0 bridgehead atoms. The summed E-state index contributed by atoms with van der Waals surface area (Å²) in [5.74, 6) is 1.69. The minimum atomic E-state index is 0.327. The molecule has 0 aromatic carbocycles. The summed E-state index contributed by atoms with van der Waals surface area (Å²) in [5, 5.41) is 0. The maximum Gasteiger partial charge on any atom is 0.129 e. The van der Waals surface area contributed by atoms with Crippen molar-refractivity contribution >= 4 is 5.78 Å². The highest BCUT2D eigenvalue weighted by molar-refractivity contribution is 5.75. The van der Waals surface area contributed by atoms with Crippen molar-refractivity contribution in [3.05, 3.63) is 12.2 Å². The second-order valence-electron chi connectivity index (χ2n) is 7.89. The lowest BCUT2D eigenvalue weighted by atomic mass is 9.47. The number of hydrogen-bond acceptors (Lipinski definition) is 1. The average molecular weight is 262 g/mol. The molecule has 1 heteroatoms. The third-order valence-electron chi connectivity index (χ3n) is 6.10. The van der Waals surface area contributed by atoms with Crippen LogP contribution in [0.5, 0.6) is 0 Å². The third kappa shape index (κ3) is 2.66. The predicted molar refractivity (Wildman–Crippen MR) is 81.0 cm³/mol. The van der Waals surface area contributed by atoms with E-state index < -0.39 is 0 Å². The van der Waals surface area contributed by atoms with Crippen LogP contribution in [0.4, 0.5) is 0 Å². The van der Waals surface area contributed by atoms with E-state index in [-0.39, 0.29) is 0 Å². The molecule has 2 aliphatic rings. The fourth-order valence-electron chi connectivity index (χ4n) is 5.16. The zero-order valence-corrected chi connectivity index (χ0v) is 13.2. The Morgan fingerprint density at radius 2 is 2.00 bits per heavy atom. The summed E-state index contributed by atoms with van der Waals surface area (Å²) in [6.07, 6.45) is 8.25. The van der Waals surface area contributed by atoms with Crippen LogP contribution in [-0.4, -0.2) is 5.78 Å². The van der Waals surface area contributed by atoms with Gasteiger partial charge in [0.25, 0.3) is 0 Å². The van der Waals surface area contributed by atoms with Crippen LogP contribution in [0.25, 0.3) is 0 Å². The SMILES string of the molecule is C=C1CC[C@@H]2C(C)(C)CCC[C@@]2(C)[C@@H]1CCC(C)=O. The first-order valence-electron chi connectivity index (χ1n) is 7.94. The van der Waals surface area contributed by atoms with Gasteiger partial charge >= 0.3 is 0 Å². The molecule has 0 aromatic heterocycles. The number of hydrogen-bond donors (Lipinski definition) is 0. The van der Waals surface area contributed by atoms with Crippen molar-refractivity contribution in [2.24, 2.45) is 22.7 Å². The average Bonchev–Trinajstić information content (AvgIpc) is 2.26. The molecule has 2 rings (SSSR count). The van der Waals surface area contributed by atoms with E-state index in [0.29, 0.717) is 22.5 Å². The Bertz CT molecular complexity index is 379. The molecule has 0 aliphatic heterocycles. The Kier molecular flexibility index (Phi) is 3.95. The lowest BCUT2D eigenvalue weighted by Gasteiger charge is -2.58. The zero-order valence-electron chi connectivity index (χ0n) is 13.2. The van der Waals surface area contributed by atoms with E-state index in [1.54, 1.807) is 6.92 Å². The Balaban J connectivity index is 2.24. The van der Waals surface area contributed by atoms with Gasteiger partial charge in [0.15, 0.2) is 0 Å². The van der Waals surface area contributed by atoms with Gasteiger partial charge in [0.05, 0.1) is 0 Å². The molecule has 0 amide bonds. The summed E-state index contributed by atoms with van der Waals surface area (Å²) < 4.78 is 0. The standard InChI is InChI=1S/C18H30O/c1-13-7-10-16-17(3,4)11-6-12-18(16,5)15(13)9-8-14(2)19/h15-16H,1,6-12H2,2-5H3/t15-,16-,18+/m1/s1. The highest BCUT2D eigenvalue weighted by atomic mass is 16.1. The van der Waals surface area contributed by atoms with E-state index in [1.807, 2.05) is 0 Å². The quantitative estimate of drug-likeness (QED) is 0.642. The number of ketones is 1. The predicted octanol–water partition coefficient (Wildman–Crippen LogP) is 5.15. The summed E-state index contributed by atoms with van der Waals surface area (Å²) in [6.45, 7) is 13.4. The Labute approximate surface area is 118 Å². The topological polar surface area (TPSA) is 17.1 Å². The Hall–Kier alpha value is -0.590. The number of Topliss-reactive ketones (excluding diaryl/α,β-unsaturated/α-hetero) is 1. The van der Waals surface area contributed by atoms with Gasteiger partial charge in [-0.15, -0.1) is 0 Å². The largest absolute Gasteiger partial charge is 0.300 e. The molecule has 108 valence electrons. The molecule has 2 saturated carbocycles. The summed E-state index contributed by atoms with van der Waals surface area (Å²) in [5.41, 5.74) is 2.26. The smallest absolute Gasteiger partial charge is 0.129 e. The maximum atomic E-state index is 11.4. The van der Waals surface area contributed by atoms with Gasteiger partial charge in [-0.05, 0) is 61.7 Å². The third-order valence-corrected chi connectivity index (χ3v) is 6.10. The first-order chi connectivity index (χ1) is 8.77. The van der Waals surface area contributed by atoms with E-state index >= 15 is 0 Å². The second-order valence-corrected chi connectivity index (χ2v) is 7.89. The van der Waals surface area contributed by atoms with E-state index in [1.165, 1.54) is 37.7 Å². The molecule has 19 heavy (non-hydrogen) atoms.